The van der Waals surface area contributed by atoms with Gasteiger partial charge in [0.25, 0.3) is 0 Å². The Kier molecular flexibility index (Phi) is 5.06. The summed E-state index contributed by atoms with van der Waals surface area (Å²) in [4.78, 5) is 18.1. The van der Waals surface area contributed by atoms with Gasteiger partial charge < -0.3 is 9.80 Å². The topological polar surface area (TPSA) is 26.8 Å². The molecule has 16 heavy (non-hydrogen) atoms. The highest BCUT2D eigenvalue weighted by atomic mass is 16.2. The van der Waals surface area contributed by atoms with Crippen molar-refractivity contribution < 1.29 is 4.79 Å². The highest BCUT2D eigenvalue weighted by Gasteiger charge is 2.24. The zero-order chi connectivity index (χ0) is 12.1. The number of piperazine rings is 1. The molecule has 1 saturated heterocycles. The van der Waals surface area contributed by atoms with Crippen molar-refractivity contribution in [3.05, 3.63) is 0 Å². The Morgan fingerprint density at radius 2 is 1.81 bits per heavy atom. The molecule has 0 spiro atoms. The van der Waals surface area contributed by atoms with Crippen LogP contribution < -0.4 is 0 Å². The number of rotatable bonds is 3. The Hall–Kier alpha value is -0.770. The molecule has 0 aliphatic carbocycles. The Bertz CT molecular complexity index is 224. The second kappa shape index (κ2) is 6.09. The van der Waals surface area contributed by atoms with Gasteiger partial charge in [0.05, 0.1) is 0 Å². The molecule has 0 radical (unpaired) electrons. The van der Waals surface area contributed by atoms with Crippen molar-refractivity contribution in [3.63, 3.8) is 0 Å². The predicted octanol–water partition coefficient (Wildman–Crippen LogP) is 1.47. The first-order chi connectivity index (χ1) is 7.60. The number of urea groups is 1. The molecule has 94 valence electrons. The minimum Gasteiger partial charge on any atom is -0.328 e. The fraction of sp³-hybridized carbons (Fsp3) is 0.917. The molecule has 0 N–H and O–H groups in total. The Morgan fingerprint density at radius 3 is 2.25 bits per heavy atom. The summed E-state index contributed by atoms with van der Waals surface area (Å²) in [6.07, 6.45) is 1.18. The quantitative estimate of drug-likeness (QED) is 0.730. The number of hydrogen-bond acceptors (Lipinski definition) is 2. The molecule has 4 nitrogen and oxygen atoms in total. The number of hydrogen-bond donors (Lipinski definition) is 0. The third-order valence-corrected chi connectivity index (χ3v) is 3.60. The smallest absolute Gasteiger partial charge is 0.319 e. The van der Waals surface area contributed by atoms with E-state index in [9.17, 15) is 4.79 Å². The number of carbonyl (C=O) groups is 1. The number of nitrogens with zero attached hydrogens (tertiary/aromatic N) is 3. The molecule has 1 rings (SSSR count). The van der Waals surface area contributed by atoms with Crippen molar-refractivity contribution in [2.45, 2.75) is 33.2 Å². The second-order valence-corrected chi connectivity index (χ2v) is 4.58. The molecule has 1 unspecified atom stereocenters. The van der Waals surface area contributed by atoms with E-state index in [0.29, 0.717) is 6.04 Å². The second-order valence-electron chi connectivity index (χ2n) is 4.58. The van der Waals surface area contributed by atoms with Crippen LogP contribution in [-0.4, -0.2) is 66.5 Å². The van der Waals surface area contributed by atoms with E-state index in [0.717, 1.165) is 32.7 Å². The van der Waals surface area contributed by atoms with Crippen molar-refractivity contribution in [2.24, 2.45) is 0 Å². The van der Waals surface area contributed by atoms with Crippen molar-refractivity contribution in [3.8, 4) is 0 Å². The third kappa shape index (κ3) is 3.11. The van der Waals surface area contributed by atoms with Crippen LogP contribution in [0.4, 0.5) is 4.79 Å². The summed E-state index contributed by atoms with van der Waals surface area (Å²) in [6.45, 7) is 11.0. The Morgan fingerprint density at radius 1 is 1.25 bits per heavy atom. The first kappa shape index (κ1) is 13.3. The van der Waals surface area contributed by atoms with Gasteiger partial charge in [0.2, 0.25) is 0 Å². The van der Waals surface area contributed by atoms with Gasteiger partial charge in [-0.25, -0.2) is 4.79 Å². The van der Waals surface area contributed by atoms with Crippen LogP contribution in [0.2, 0.25) is 0 Å². The standard InChI is InChI=1S/C12H25N3O/c1-5-11(3)14-7-9-15(10-8-14)12(16)13(4)6-2/h11H,5-10H2,1-4H3. The van der Waals surface area contributed by atoms with Crippen LogP contribution in [0.15, 0.2) is 0 Å². The minimum atomic E-state index is 0.173. The van der Waals surface area contributed by atoms with Crippen LogP contribution in [-0.2, 0) is 0 Å². The molecule has 0 saturated carbocycles. The molecule has 1 atom stereocenters. The van der Waals surface area contributed by atoms with Gasteiger partial charge in [0.1, 0.15) is 0 Å². The molecule has 0 aromatic rings. The summed E-state index contributed by atoms with van der Waals surface area (Å²) in [5.74, 6) is 0. The van der Waals surface area contributed by atoms with Gasteiger partial charge >= 0.3 is 6.03 Å². The van der Waals surface area contributed by atoms with E-state index in [1.807, 2.05) is 18.9 Å². The number of carbonyl (C=O) groups excluding carboxylic acids is 1. The van der Waals surface area contributed by atoms with Gasteiger partial charge in [-0.15, -0.1) is 0 Å². The van der Waals surface area contributed by atoms with E-state index < -0.39 is 0 Å². The SMILES string of the molecule is CCC(C)N1CCN(C(=O)N(C)CC)CC1. The van der Waals surface area contributed by atoms with Crippen LogP contribution in [0.25, 0.3) is 0 Å². The molecule has 1 fully saturated rings. The molecule has 1 aliphatic heterocycles. The van der Waals surface area contributed by atoms with Gasteiger partial charge in [-0.05, 0) is 20.3 Å². The summed E-state index contributed by atoms with van der Waals surface area (Å²) in [5.41, 5.74) is 0. The van der Waals surface area contributed by atoms with Crippen LogP contribution in [0.1, 0.15) is 27.2 Å². The highest BCUT2D eigenvalue weighted by molar-refractivity contribution is 5.74. The molecule has 0 aromatic carbocycles. The summed E-state index contributed by atoms with van der Waals surface area (Å²) in [7, 11) is 1.86. The monoisotopic (exact) mass is 227 g/mol. The molecular formula is C12H25N3O. The lowest BCUT2D eigenvalue weighted by Crippen LogP contribution is -2.53. The average Bonchev–Trinajstić information content (AvgIpc) is 2.36. The summed E-state index contributed by atoms with van der Waals surface area (Å²) >= 11 is 0. The van der Waals surface area contributed by atoms with E-state index in [-0.39, 0.29) is 6.03 Å². The lowest BCUT2D eigenvalue weighted by atomic mass is 10.2. The van der Waals surface area contributed by atoms with Crippen LogP contribution >= 0.6 is 0 Å². The van der Waals surface area contributed by atoms with Crippen molar-refractivity contribution in [2.75, 3.05) is 39.8 Å². The minimum absolute atomic E-state index is 0.173. The maximum absolute atomic E-state index is 11.9. The van der Waals surface area contributed by atoms with E-state index in [1.165, 1.54) is 6.42 Å². The largest absolute Gasteiger partial charge is 0.328 e. The van der Waals surface area contributed by atoms with Crippen molar-refractivity contribution in [1.29, 1.82) is 0 Å². The fourth-order valence-corrected chi connectivity index (χ4v) is 1.99. The Labute approximate surface area is 99.2 Å². The van der Waals surface area contributed by atoms with E-state index in [1.54, 1.807) is 4.90 Å². The van der Waals surface area contributed by atoms with Crippen molar-refractivity contribution in [1.82, 2.24) is 14.7 Å². The van der Waals surface area contributed by atoms with Crippen LogP contribution in [0.3, 0.4) is 0 Å². The zero-order valence-electron chi connectivity index (χ0n) is 11.1. The third-order valence-electron chi connectivity index (χ3n) is 3.60. The summed E-state index contributed by atoms with van der Waals surface area (Å²) < 4.78 is 0. The number of amides is 2. The first-order valence-electron chi connectivity index (χ1n) is 6.34. The van der Waals surface area contributed by atoms with E-state index >= 15 is 0 Å². The van der Waals surface area contributed by atoms with Gasteiger partial charge in [-0.3, -0.25) is 4.90 Å². The lowest BCUT2D eigenvalue weighted by Gasteiger charge is -2.39. The Balaban J connectivity index is 2.40. The molecular weight excluding hydrogens is 202 g/mol. The van der Waals surface area contributed by atoms with Gasteiger partial charge in [0, 0.05) is 45.8 Å². The molecule has 1 aliphatic rings. The molecule has 1 heterocycles. The van der Waals surface area contributed by atoms with Gasteiger partial charge in [-0.2, -0.15) is 0 Å². The molecule has 0 aromatic heterocycles. The normalized spacial score (nSPS) is 19.6. The predicted molar refractivity (Wildman–Crippen MR) is 66.6 cm³/mol. The summed E-state index contributed by atoms with van der Waals surface area (Å²) in [6, 6.07) is 0.812. The van der Waals surface area contributed by atoms with Crippen LogP contribution in [0, 0.1) is 0 Å². The van der Waals surface area contributed by atoms with E-state index in [4.69, 9.17) is 0 Å². The molecule has 4 heteroatoms. The van der Waals surface area contributed by atoms with Crippen LogP contribution in [0.5, 0.6) is 0 Å². The van der Waals surface area contributed by atoms with E-state index in [2.05, 4.69) is 18.7 Å². The van der Waals surface area contributed by atoms with Gasteiger partial charge in [0.15, 0.2) is 0 Å². The highest BCUT2D eigenvalue weighted by Crippen LogP contribution is 2.09. The fourth-order valence-electron chi connectivity index (χ4n) is 1.99. The summed E-state index contributed by atoms with van der Waals surface area (Å²) in [5, 5.41) is 0. The maximum atomic E-state index is 11.9. The molecule has 2 amide bonds. The first-order valence-corrected chi connectivity index (χ1v) is 6.34. The lowest BCUT2D eigenvalue weighted by molar-refractivity contribution is 0.0986. The maximum Gasteiger partial charge on any atom is 0.319 e. The van der Waals surface area contributed by atoms with Crippen molar-refractivity contribution >= 4 is 6.03 Å². The average molecular weight is 227 g/mol. The molecule has 0 bridgehead atoms. The zero-order valence-corrected chi connectivity index (χ0v) is 11.1. The van der Waals surface area contributed by atoms with Gasteiger partial charge in [-0.1, -0.05) is 6.92 Å².